The summed E-state index contributed by atoms with van der Waals surface area (Å²) in [5.41, 5.74) is 1.16. The quantitative estimate of drug-likeness (QED) is 0.448. The molecule has 0 unspecified atom stereocenters. The van der Waals surface area contributed by atoms with Crippen LogP contribution in [0.15, 0.2) is 12.1 Å². The summed E-state index contributed by atoms with van der Waals surface area (Å²) in [7, 11) is 3.01. The van der Waals surface area contributed by atoms with E-state index in [-0.39, 0.29) is 18.8 Å². The highest BCUT2D eigenvalue weighted by Crippen LogP contribution is 2.29. The SMILES string of the molecule is CCOC(=O)CC(=O)c1cc(C)c(OC)cc1OC. The third-order valence-corrected chi connectivity index (χ3v) is 2.63. The minimum Gasteiger partial charge on any atom is -0.496 e. The molecule has 0 spiro atoms. The minimum absolute atomic E-state index is 0.255. The lowest BCUT2D eigenvalue weighted by Crippen LogP contribution is -2.12. The van der Waals surface area contributed by atoms with Crippen LogP contribution in [-0.2, 0) is 9.53 Å². The van der Waals surface area contributed by atoms with Gasteiger partial charge < -0.3 is 14.2 Å². The number of esters is 1. The molecule has 1 rings (SSSR count). The molecule has 1 aromatic carbocycles. The molecule has 0 saturated heterocycles. The number of hydrogen-bond acceptors (Lipinski definition) is 5. The molecule has 0 heterocycles. The molecule has 0 aliphatic carbocycles. The van der Waals surface area contributed by atoms with Gasteiger partial charge in [-0.15, -0.1) is 0 Å². The summed E-state index contributed by atoms with van der Waals surface area (Å²) in [4.78, 5) is 23.4. The molecule has 5 heteroatoms. The van der Waals surface area contributed by atoms with Crippen molar-refractivity contribution in [3.05, 3.63) is 23.3 Å². The van der Waals surface area contributed by atoms with E-state index in [2.05, 4.69) is 0 Å². The molecule has 0 aromatic heterocycles. The molecular formula is C14H18O5. The normalized spacial score (nSPS) is 9.89. The van der Waals surface area contributed by atoms with Crippen molar-refractivity contribution in [2.75, 3.05) is 20.8 Å². The first kappa shape index (κ1) is 15.0. The molecule has 0 aliphatic rings. The molecule has 0 radical (unpaired) electrons. The number of ketones is 1. The van der Waals surface area contributed by atoms with Crippen LogP contribution in [0.3, 0.4) is 0 Å². The Morgan fingerprint density at radius 1 is 1.11 bits per heavy atom. The zero-order valence-electron chi connectivity index (χ0n) is 11.6. The van der Waals surface area contributed by atoms with Crippen LogP contribution < -0.4 is 9.47 Å². The standard InChI is InChI=1S/C14H18O5/c1-5-19-14(16)7-11(15)10-6-9(2)12(17-3)8-13(10)18-4/h6,8H,5,7H2,1-4H3. The van der Waals surface area contributed by atoms with E-state index in [4.69, 9.17) is 14.2 Å². The van der Waals surface area contributed by atoms with Crippen LogP contribution in [-0.4, -0.2) is 32.6 Å². The summed E-state index contributed by atoms with van der Waals surface area (Å²) in [5, 5.41) is 0. The van der Waals surface area contributed by atoms with Gasteiger partial charge in [-0.25, -0.2) is 0 Å². The number of benzene rings is 1. The maximum atomic E-state index is 12.0. The fourth-order valence-electron chi connectivity index (χ4n) is 1.71. The van der Waals surface area contributed by atoms with Gasteiger partial charge >= 0.3 is 5.97 Å². The molecule has 0 saturated carbocycles. The van der Waals surface area contributed by atoms with Crippen LogP contribution >= 0.6 is 0 Å². The number of ether oxygens (including phenoxy) is 3. The first-order valence-corrected chi connectivity index (χ1v) is 5.94. The van der Waals surface area contributed by atoms with E-state index >= 15 is 0 Å². The molecule has 1 aromatic rings. The Morgan fingerprint density at radius 3 is 2.26 bits per heavy atom. The second-order valence-electron chi connectivity index (χ2n) is 3.93. The highest BCUT2D eigenvalue weighted by atomic mass is 16.5. The number of aryl methyl sites for hydroxylation is 1. The van der Waals surface area contributed by atoms with Gasteiger partial charge in [-0.2, -0.15) is 0 Å². The molecule has 19 heavy (non-hydrogen) atoms. The zero-order valence-corrected chi connectivity index (χ0v) is 11.6. The Kier molecular flexibility index (Phi) is 5.36. The summed E-state index contributed by atoms with van der Waals surface area (Å²) < 4.78 is 15.1. The van der Waals surface area contributed by atoms with E-state index < -0.39 is 5.97 Å². The van der Waals surface area contributed by atoms with Crippen molar-refractivity contribution in [2.45, 2.75) is 20.3 Å². The van der Waals surface area contributed by atoms with Gasteiger partial charge in [0.1, 0.15) is 17.9 Å². The topological polar surface area (TPSA) is 61.8 Å². The summed E-state index contributed by atoms with van der Waals surface area (Å²) in [6.07, 6.45) is -0.296. The summed E-state index contributed by atoms with van der Waals surface area (Å²) in [6, 6.07) is 3.28. The fraction of sp³-hybridized carbons (Fsp3) is 0.429. The Balaban J connectivity index is 3.02. The van der Waals surface area contributed by atoms with Gasteiger partial charge in [0.15, 0.2) is 5.78 Å². The minimum atomic E-state index is -0.539. The molecular weight excluding hydrogens is 248 g/mol. The lowest BCUT2D eigenvalue weighted by molar-refractivity contribution is -0.141. The lowest BCUT2D eigenvalue weighted by atomic mass is 10.0. The number of Topliss-reactive ketones (excluding diaryl/α,β-unsaturated/α-hetero) is 1. The van der Waals surface area contributed by atoms with Gasteiger partial charge in [-0.3, -0.25) is 9.59 Å². The molecule has 0 amide bonds. The Labute approximate surface area is 112 Å². The number of carbonyl (C=O) groups excluding carboxylic acids is 2. The zero-order chi connectivity index (χ0) is 14.4. The van der Waals surface area contributed by atoms with Gasteiger partial charge in [0.2, 0.25) is 0 Å². The van der Waals surface area contributed by atoms with Gasteiger partial charge in [-0.1, -0.05) is 0 Å². The third-order valence-electron chi connectivity index (χ3n) is 2.63. The van der Waals surface area contributed by atoms with Crippen molar-refractivity contribution >= 4 is 11.8 Å². The summed E-state index contributed by atoms with van der Waals surface area (Å²) in [5.74, 6) is 0.144. The Hall–Kier alpha value is -2.04. The molecule has 0 aliphatic heterocycles. The molecule has 104 valence electrons. The van der Waals surface area contributed by atoms with Crippen molar-refractivity contribution in [1.29, 1.82) is 0 Å². The highest BCUT2D eigenvalue weighted by molar-refractivity contribution is 6.07. The maximum Gasteiger partial charge on any atom is 0.313 e. The van der Waals surface area contributed by atoms with E-state index in [9.17, 15) is 9.59 Å². The van der Waals surface area contributed by atoms with Crippen LogP contribution in [0.25, 0.3) is 0 Å². The van der Waals surface area contributed by atoms with Crippen LogP contribution in [0.4, 0.5) is 0 Å². The smallest absolute Gasteiger partial charge is 0.313 e. The summed E-state index contributed by atoms with van der Waals surface area (Å²) in [6.45, 7) is 3.77. The van der Waals surface area contributed by atoms with Crippen molar-refractivity contribution in [2.24, 2.45) is 0 Å². The second-order valence-corrected chi connectivity index (χ2v) is 3.93. The molecule has 0 fully saturated rings. The van der Waals surface area contributed by atoms with Crippen LogP contribution in [0.5, 0.6) is 11.5 Å². The predicted molar refractivity (Wildman–Crippen MR) is 69.9 cm³/mol. The Morgan fingerprint density at radius 2 is 1.74 bits per heavy atom. The second kappa shape index (κ2) is 6.78. The van der Waals surface area contributed by atoms with Gasteiger partial charge in [-0.05, 0) is 25.5 Å². The van der Waals surface area contributed by atoms with E-state index in [1.165, 1.54) is 7.11 Å². The van der Waals surface area contributed by atoms with Crippen molar-refractivity contribution in [3.8, 4) is 11.5 Å². The molecule has 0 N–H and O–H groups in total. The number of hydrogen-bond donors (Lipinski definition) is 0. The maximum absolute atomic E-state index is 12.0. The van der Waals surface area contributed by atoms with Gasteiger partial charge in [0.25, 0.3) is 0 Å². The van der Waals surface area contributed by atoms with Crippen LogP contribution in [0.1, 0.15) is 29.3 Å². The van der Waals surface area contributed by atoms with Crippen LogP contribution in [0, 0.1) is 6.92 Å². The molecule has 0 bridgehead atoms. The number of methoxy groups -OCH3 is 2. The molecule has 0 atom stereocenters. The average Bonchev–Trinajstić information content (AvgIpc) is 2.38. The summed E-state index contributed by atoms with van der Waals surface area (Å²) >= 11 is 0. The highest BCUT2D eigenvalue weighted by Gasteiger charge is 2.18. The average molecular weight is 266 g/mol. The van der Waals surface area contributed by atoms with Crippen molar-refractivity contribution < 1.29 is 23.8 Å². The molecule has 5 nitrogen and oxygen atoms in total. The fourth-order valence-corrected chi connectivity index (χ4v) is 1.71. The van der Waals surface area contributed by atoms with E-state index in [1.807, 2.05) is 6.92 Å². The number of rotatable bonds is 6. The monoisotopic (exact) mass is 266 g/mol. The Bertz CT molecular complexity index is 479. The number of carbonyl (C=O) groups is 2. The lowest BCUT2D eigenvalue weighted by Gasteiger charge is -2.12. The van der Waals surface area contributed by atoms with E-state index in [0.29, 0.717) is 17.1 Å². The first-order chi connectivity index (χ1) is 9.03. The van der Waals surface area contributed by atoms with Crippen molar-refractivity contribution in [1.82, 2.24) is 0 Å². The van der Waals surface area contributed by atoms with Gasteiger partial charge in [0.05, 0.1) is 26.4 Å². The van der Waals surface area contributed by atoms with E-state index in [1.54, 1.807) is 26.2 Å². The van der Waals surface area contributed by atoms with E-state index in [0.717, 1.165) is 5.56 Å². The van der Waals surface area contributed by atoms with Gasteiger partial charge in [0, 0.05) is 6.07 Å². The van der Waals surface area contributed by atoms with Crippen LogP contribution in [0.2, 0.25) is 0 Å². The predicted octanol–water partition coefficient (Wildman–Crippen LogP) is 2.15. The first-order valence-electron chi connectivity index (χ1n) is 5.94. The third kappa shape index (κ3) is 3.71. The van der Waals surface area contributed by atoms with Crippen molar-refractivity contribution in [3.63, 3.8) is 0 Å². The largest absolute Gasteiger partial charge is 0.496 e.